The number of hydrogen-bond donors (Lipinski definition) is 2. The fourth-order valence-electron chi connectivity index (χ4n) is 3.14. The minimum Gasteiger partial charge on any atom is -0.370 e. The van der Waals surface area contributed by atoms with Crippen LogP contribution in [0.5, 0.6) is 0 Å². The third kappa shape index (κ3) is 7.48. The Hall–Kier alpha value is -3.53. The van der Waals surface area contributed by atoms with E-state index < -0.39 is 35.3 Å². The SMILES string of the molecule is Cc1ccnc(Nc2nc(N(C)C(C)C)nc3c(C(=O)NS(C)(=O)=O)nn(CCOCC(F)(F)F)c23)c1. The molecule has 0 aliphatic rings. The van der Waals surface area contributed by atoms with Crippen LogP contribution in [0.15, 0.2) is 18.3 Å². The molecular formula is C21H27F3N8O4S. The van der Waals surface area contributed by atoms with E-state index >= 15 is 0 Å². The zero-order valence-corrected chi connectivity index (χ0v) is 21.6. The Morgan fingerprint density at radius 1 is 1.27 bits per heavy atom. The molecule has 0 aliphatic carbocycles. The molecule has 16 heteroatoms. The van der Waals surface area contributed by atoms with Crippen LogP contribution >= 0.6 is 0 Å². The summed E-state index contributed by atoms with van der Waals surface area (Å²) < 4.78 is 68.8. The normalized spacial score (nSPS) is 12.2. The number of nitrogens with one attached hydrogen (secondary N) is 2. The highest BCUT2D eigenvalue weighted by Crippen LogP contribution is 2.29. The van der Waals surface area contributed by atoms with Crippen molar-refractivity contribution in [3.8, 4) is 0 Å². The quantitative estimate of drug-likeness (QED) is 0.365. The van der Waals surface area contributed by atoms with Gasteiger partial charge in [0.1, 0.15) is 23.5 Å². The van der Waals surface area contributed by atoms with Crippen molar-refractivity contribution >= 4 is 44.5 Å². The summed E-state index contributed by atoms with van der Waals surface area (Å²) in [6, 6.07) is 3.47. The molecule has 202 valence electrons. The van der Waals surface area contributed by atoms with Gasteiger partial charge in [0, 0.05) is 19.3 Å². The monoisotopic (exact) mass is 544 g/mol. The molecule has 1 amide bonds. The first kappa shape index (κ1) is 28.0. The average molecular weight is 545 g/mol. The third-order valence-corrected chi connectivity index (χ3v) is 5.59. The van der Waals surface area contributed by atoms with E-state index in [4.69, 9.17) is 4.74 Å². The number of amides is 1. The first-order valence-corrected chi connectivity index (χ1v) is 12.9. The molecule has 2 N–H and O–H groups in total. The number of anilines is 3. The number of aromatic nitrogens is 5. The predicted molar refractivity (Wildman–Crippen MR) is 130 cm³/mol. The molecule has 0 bridgehead atoms. The van der Waals surface area contributed by atoms with Crippen LogP contribution in [0.1, 0.15) is 29.9 Å². The predicted octanol–water partition coefficient (Wildman–Crippen LogP) is 2.39. The van der Waals surface area contributed by atoms with Crippen molar-refractivity contribution in [2.45, 2.75) is 39.5 Å². The highest BCUT2D eigenvalue weighted by molar-refractivity contribution is 7.89. The molecule has 12 nitrogen and oxygen atoms in total. The van der Waals surface area contributed by atoms with E-state index in [1.54, 1.807) is 30.3 Å². The van der Waals surface area contributed by atoms with Crippen LogP contribution in [0, 0.1) is 6.92 Å². The number of carbonyl (C=O) groups is 1. The van der Waals surface area contributed by atoms with Gasteiger partial charge in [-0.2, -0.15) is 23.3 Å². The summed E-state index contributed by atoms with van der Waals surface area (Å²) in [5, 5.41) is 7.23. The molecule has 3 heterocycles. The molecule has 0 saturated heterocycles. The number of alkyl halides is 3. The summed E-state index contributed by atoms with van der Waals surface area (Å²) in [7, 11) is -2.22. The lowest BCUT2D eigenvalue weighted by atomic mass is 10.3. The number of sulfonamides is 1. The minimum absolute atomic E-state index is 0.00961. The summed E-state index contributed by atoms with van der Waals surface area (Å²) in [5.41, 5.74) is 0.685. The van der Waals surface area contributed by atoms with E-state index in [0.717, 1.165) is 11.8 Å². The second-order valence-corrected chi connectivity index (χ2v) is 10.3. The van der Waals surface area contributed by atoms with E-state index in [-0.39, 0.29) is 41.1 Å². The van der Waals surface area contributed by atoms with Gasteiger partial charge in [0.25, 0.3) is 5.91 Å². The Morgan fingerprint density at radius 2 is 1.97 bits per heavy atom. The van der Waals surface area contributed by atoms with Crippen LogP contribution in [0.2, 0.25) is 0 Å². The number of pyridine rings is 1. The highest BCUT2D eigenvalue weighted by atomic mass is 32.2. The number of halogens is 3. The van der Waals surface area contributed by atoms with E-state index in [2.05, 4.69) is 25.4 Å². The van der Waals surface area contributed by atoms with Crippen molar-refractivity contribution in [1.82, 2.24) is 29.5 Å². The standard InChI is InChI=1S/C21H27F3N8O4S/c1-12(2)31(4)20-27-15-16(19(33)30-37(5,34)35)29-32(8-9-36-11-21(22,23)24)17(15)18(28-20)26-14-10-13(3)6-7-25-14/h6-7,10,12H,8-9,11H2,1-5H3,(H,30,33)(H,25,26,27,28). The molecule has 0 atom stereocenters. The fraction of sp³-hybridized carbons (Fsp3) is 0.476. The lowest BCUT2D eigenvalue weighted by molar-refractivity contribution is -0.174. The Bertz CT molecular complexity index is 1390. The molecule has 0 aliphatic heterocycles. The maximum atomic E-state index is 12.8. The Morgan fingerprint density at radius 3 is 2.57 bits per heavy atom. The van der Waals surface area contributed by atoms with Crippen LogP contribution in [0.3, 0.4) is 0 Å². The smallest absolute Gasteiger partial charge is 0.370 e. The van der Waals surface area contributed by atoms with E-state index in [1.165, 1.54) is 4.68 Å². The molecule has 0 radical (unpaired) electrons. The number of aryl methyl sites for hydroxylation is 1. The van der Waals surface area contributed by atoms with Crippen molar-refractivity contribution in [3.05, 3.63) is 29.6 Å². The molecule has 0 aromatic carbocycles. The maximum Gasteiger partial charge on any atom is 0.411 e. The van der Waals surface area contributed by atoms with Crippen LogP contribution in [0.4, 0.5) is 30.8 Å². The molecular weight excluding hydrogens is 517 g/mol. The second-order valence-electron chi connectivity index (χ2n) is 8.56. The zero-order valence-electron chi connectivity index (χ0n) is 20.8. The Labute approximate surface area is 211 Å². The van der Waals surface area contributed by atoms with Gasteiger partial charge < -0.3 is 15.0 Å². The number of nitrogens with zero attached hydrogens (tertiary/aromatic N) is 6. The lowest BCUT2D eigenvalue weighted by Gasteiger charge is -2.22. The number of hydrogen-bond acceptors (Lipinski definition) is 10. The van der Waals surface area contributed by atoms with E-state index in [0.29, 0.717) is 5.82 Å². The fourth-order valence-corrected chi connectivity index (χ4v) is 3.58. The van der Waals surface area contributed by atoms with Gasteiger partial charge in [-0.15, -0.1) is 0 Å². The number of carbonyl (C=O) groups excluding carboxylic acids is 1. The van der Waals surface area contributed by atoms with Crippen LogP contribution < -0.4 is 14.9 Å². The molecule has 0 fully saturated rings. The zero-order chi connectivity index (χ0) is 27.5. The van der Waals surface area contributed by atoms with Crippen molar-refractivity contribution in [2.24, 2.45) is 0 Å². The summed E-state index contributed by atoms with van der Waals surface area (Å²) in [6.45, 7) is 3.56. The van der Waals surface area contributed by atoms with Crippen LogP contribution in [-0.2, 0) is 21.3 Å². The first-order chi connectivity index (χ1) is 17.1. The van der Waals surface area contributed by atoms with Gasteiger partial charge in [-0.1, -0.05) is 0 Å². The van der Waals surface area contributed by atoms with E-state index in [1.807, 2.05) is 25.5 Å². The minimum atomic E-state index is -4.52. The van der Waals surface area contributed by atoms with Crippen molar-refractivity contribution in [1.29, 1.82) is 0 Å². The molecule has 37 heavy (non-hydrogen) atoms. The number of ether oxygens (including phenoxy) is 1. The topological polar surface area (TPSA) is 144 Å². The molecule has 3 aromatic heterocycles. The molecule has 0 unspecified atom stereocenters. The first-order valence-electron chi connectivity index (χ1n) is 11.0. The van der Waals surface area contributed by atoms with Gasteiger partial charge in [0.05, 0.1) is 19.4 Å². The average Bonchev–Trinajstić information content (AvgIpc) is 3.13. The summed E-state index contributed by atoms with van der Waals surface area (Å²) >= 11 is 0. The van der Waals surface area contributed by atoms with Gasteiger partial charge in [0.15, 0.2) is 11.5 Å². The third-order valence-electron chi connectivity index (χ3n) is 5.03. The van der Waals surface area contributed by atoms with Gasteiger partial charge >= 0.3 is 6.18 Å². The van der Waals surface area contributed by atoms with Crippen LogP contribution in [0.25, 0.3) is 11.0 Å². The van der Waals surface area contributed by atoms with Gasteiger partial charge in [-0.3, -0.25) is 9.48 Å². The van der Waals surface area contributed by atoms with Crippen molar-refractivity contribution < 1.29 is 31.1 Å². The molecule has 3 rings (SSSR count). The summed E-state index contributed by atoms with van der Waals surface area (Å²) in [4.78, 5) is 27.8. The number of rotatable bonds is 10. The van der Waals surface area contributed by atoms with Crippen LogP contribution in [-0.4, -0.2) is 77.8 Å². The highest BCUT2D eigenvalue weighted by Gasteiger charge is 2.28. The largest absolute Gasteiger partial charge is 0.411 e. The Balaban J connectivity index is 2.18. The van der Waals surface area contributed by atoms with Crippen molar-refractivity contribution in [2.75, 3.05) is 36.7 Å². The molecule has 0 saturated carbocycles. The Kier molecular flexibility index (Phi) is 8.22. The van der Waals surface area contributed by atoms with Gasteiger partial charge in [0.2, 0.25) is 16.0 Å². The maximum absolute atomic E-state index is 12.8. The van der Waals surface area contributed by atoms with Gasteiger partial charge in [-0.05, 0) is 38.5 Å². The van der Waals surface area contributed by atoms with Gasteiger partial charge in [-0.25, -0.2) is 23.1 Å². The molecule has 0 spiro atoms. The lowest BCUT2D eigenvalue weighted by Crippen LogP contribution is -2.30. The summed E-state index contributed by atoms with van der Waals surface area (Å²) in [5.74, 6) is -0.299. The van der Waals surface area contributed by atoms with Crippen molar-refractivity contribution in [3.63, 3.8) is 0 Å². The summed E-state index contributed by atoms with van der Waals surface area (Å²) in [6.07, 6.45) is -2.14. The molecule has 3 aromatic rings. The number of fused-ring (bicyclic) bond motifs is 1. The second kappa shape index (κ2) is 10.8. The van der Waals surface area contributed by atoms with E-state index in [9.17, 15) is 26.4 Å².